The maximum Gasteiger partial charge on any atom is 0.414 e. The fourth-order valence-electron chi connectivity index (χ4n) is 3.39. The number of hydrogen-bond acceptors (Lipinski definition) is 7. The molecule has 1 N–H and O–H groups in total. The van der Waals surface area contributed by atoms with E-state index in [0.29, 0.717) is 18.9 Å². The van der Waals surface area contributed by atoms with E-state index in [0.717, 1.165) is 37.7 Å². The minimum atomic E-state index is -0.773. The third-order valence-electron chi connectivity index (χ3n) is 4.99. The Labute approximate surface area is 181 Å². The Bertz CT molecular complexity index is 1280. The lowest BCUT2D eigenvalue weighted by atomic mass is 10.2. The number of cyclic esters (lactones) is 1. The SMILES string of the molecule is Cc1oc(-c2ccccc2)nc1COc1ccc2cc(CC3OC(=O)NC3=O)sc2c1. The summed E-state index contributed by atoms with van der Waals surface area (Å²) in [7, 11) is 0. The van der Waals surface area contributed by atoms with Gasteiger partial charge in [-0.05, 0) is 48.7 Å². The number of thiophene rings is 1. The number of nitrogens with one attached hydrogen (secondary N) is 1. The van der Waals surface area contributed by atoms with Crippen molar-refractivity contribution in [3.05, 3.63) is 70.9 Å². The van der Waals surface area contributed by atoms with Crippen LogP contribution in [-0.2, 0) is 22.6 Å². The second kappa shape index (κ2) is 7.88. The number of carbonyl (C=O) groups excluding carboxylic acids is 2. The average molecular weight is 434 g/mol. The van der Waals surface area contributed by atoms with Gasteiger partial charge in [0.25, 0.3) is 5.91 Å². The van der Waals surface area contributed by atoms with Gasteiger partial charge in [-0.15, -0.1) is 11.3 Å². The molecule has 7 nitrogen and oxygen atoms in total. The largest absolute Gasteiger partial charge is 0.487 e. The summed E-state index contributed by atoms with van der Waals surface area (Å²) in [6.07, 6.45) is -1.11. The Balaban J connectivity index is 1.29. The monoisotopic (exact) mass is 434 g/mol. The van der Waals surface area contributed by atoms with Crippen LogP contribution in [-0.4, -0.2) is 23.1 Å². The van der Waals surface area contributed by atoms with Gasteiger partial charge in [0, 0.05) is 21.6 Å². The third kappa shape index (κ3) is 4.02. The summed E-state index contributed by atoms with van der Waals surface area (Å²) in [6, 6.07) is 17.6. The molecular formula is C23H18N2O5S. The van der Waals surface area contributed by atoms with Gasteiger partial charge in [0.05, 0.1) is 0 Å². The lowest BCUT2D eigenvalue weighted by molar-refractivity contribution is -0.123. The van der Waals surface area contributed by atoms with Crippen LogP contribution >= 0.6 is 11.3 Å². The molecule has 0 bridgehead atoms. The van der Waals surface area contributed by atoms with E-state index in [1.807, 2.05) is 61.5 Å². The fourth-order valence-corrected chi connectivity index (χ4v) is 4.51. The van der Waals surface area contributed by atoms with Gasteiger partial charge >= 0.3 is 6.09 Å². The molecule has 31 heavy (non-hydrogen) atoms. The molecular weight excluding hydrogens is 416 g/mol. The first-order valence-electron chi connectivity index (χ1n) is 9.73. The normalized spacial score (nSPS) is 15.8. The van der Waals surface area contributed by atoms with Crippen molar-refractivity contribution in [2.24, 2.45) is 0 Å². The van der Waals surface area contributed by atoms with Gasteiger partial charge in [-0.2, -0.15) is 0 Å². The molecule has 2 aromatic carbocycles. The molecule has 0 saturated carbocycles. The summed E-state index contributed by atoms with van der Waals surface area (Å²) in [5, 5.41) is 3.19. The van der Waals surface area contributed by atoms with Crippen LogP contribution in [0.15, 0.2) is 59.0 Å². The van der Waals surface area contributed by atoms with E-state index in [9.17, 15) is 9.59 Å². The van der Waals surface area contributed by atoms with Gasteiger partial charge in [-0.25, -0.2) is 9.78 Å². The number of aromatic nitrogens is 1. The van der Waals surface area contributed by atoms with E-state index in [-0.39, 0.29) is 0 Å². The van der Waals surface area contributed by atoms with Crippen molar-refractivity contribution in [3.63, 3.8) is 0 Å². The number of nitrogens with zero attached hydrogens (tertiary/aromatic N) is 1. The maximum absolute atomic E-state index is 11.7. The van der Waals surface area contributed by atoms with Crippen LogP contribution in [0.1, 0.15) is 16.3 Å². The maximum atomic E-state index is 11.7. The van der Waals surface area contributed by atoms with Crippen LogP contribution in [0.25, 0.3) is 21.5 Å². The number of fused-ring (bicyclic) bond motifs is 1. The fraction of sp³-hybridized carbons (Fsp3) is 0.174. The molecule has 0 spiro atoms. The number of hydrogen-bond donors (Lipinski definition) is 1. The third-order valence-corrected chi connectivity index (χ3v) is 6.11. The number of amides is 2. The number of carbonyl (C=O) groups is 2. The molecule has 1 fully saturated rings. The summed E-state index contributed by atoms with van der Waals surface area (Å²) in [6.45, 7) is 2.17. The zero-order valence-electron chi connectivity index (χ0n) is 16.6. The van der Waals surface area contributed by atoms with Crippen molar-refractivity contribution >= 4 is 33.4 Å². The van der Waals surface area contributed by atoms with Crippen LogP contribution in [0.2, 0.25) is 0 Å². The van der Waals surface area contributed by atoms with E-state index in [4.69, 9.17) is 13.9 Å². The Morgan fingerprint density at radius 3 is 2.74 bits per heavy atom. The van der Waals surface area contributed by atoms with Crippen LogP contribution in [0.3, 0.4) is 0 Å². The van der Waals surface area contributed by atoms with Gasteiger partial charge < -0.3 is 13.9 Å². The first-order valence-corrected chi connectivity index (χ1v) is 10.6. The molecule has 1 aliphatic rings. The van der Waals surface area contributed by atoms with E-state index in [1.54, 1.807) is 11.3 Å². The molecule has 2 aromatic heterocycles. The second-order valence-corrected chi connectivity index (χ2v) is 8.34. The molecule has 1 aliphatic heterocycles. The number of ether oxygens (including phenoxy) is 2. The van der Waals surface area contributed by atoms with E-state index in [2.05, 4.69) is 10.3 Å². The molecule has 2 amide bonds. The molecule has 1 unspecified atom stereocenters. The zero-order chi connectivity index (χ0) is 21.4. The summed E-state index contributed by atoms with van der Waals surface area (Å²) >= 11 is 1.54. The topological polar surface area (TPSA) is 90.7 Å². The summed E-state index contributed by atoms with van der Waals surface area (Å²) in [4.78, 5) is 28.4. The van der Waals surface area contributed by atoms with E-state index < -0.39 is 18.1 Å². The highest BCUT2D eigenvalue weighted by molar-refractivity contribution is 7.19. The molecule has 0 radical (unpaired) electrons. The minimum absolute atomic E-state index is 0.296. The average Bonchev–Trinajstić information content (AvgIpc) is 3.43. The lowest BCUT2D eigenvalue weighted by Gasteiger charge is -2.04. The van der Waals surface area contributed by atoms with Crippen molar-refractivity contribution < 1.29 is 23.5 Å². The number of imide groups is 1. The van der Waals surface area contributed by atoms with Crippen LogP contribution in [0.5, 0.6) is 5.75 Å². The van der Waals surface area contributed by atoms with Gasteiger partial charge in [0.2, 0.25) is 5.89 Å². The Morgan fingerprint density at radius 1 is 1.13 bits per heavy atom. The van der Waals surface area contributed by atoms with Crippen LogP contribution in [0, 0.1) is 6.92 Å². The molecule has 0 aliphatic carbocycles. The van der Waals surface area contributed by atoms with Crippen molar-refractivity contribution in [3.8, 4) is 17.2 Å². The Kier molecular flexibility index (Phi) is 4.91. The van der Waals surface area contributed by atoms with Crippen LogP contribution < -0.4 is 10.1 Å². The molecule has 156 valence electrons. The smallest absolute Gasteiger partial charge is 0.414 e. The van der Waals surface area contributed by atoms with E-state index in [1.165, 1.54) is 0 Å². The highest BCUT2D eigenvalue weighted by atomic mass is 32.1. The summed E-state index contributed by atoms with van der Waals surface area (Å²) in [5.41, 5.74) is 1.67. The number of alkyl carbamates (subject to hydrolysis) is 1. The molecule has 1 atom stereocenters. The van der Waals surface area contributed by atoms with Gasteiger partial charge in [0.15, 0.2) is 6.10 Å². The van der Waals surface area contributed by atoms with Gasteiger partial charge in [0.1, 0.15) is 23.8 Å². The highest BCUT2D eigenvalue weighted by Crippen LogP contribution is 2.31. The van der Waals surface area contributed by atoms with Crippen molar-refractivity contribution in [2.45, 2.75) is 26.1 Å². The van der Waals surface area contributed by atoms with Crippen molar-refractivity contribution in [2.75, 3.05) is 0 Å². The predicted molar refractivity (Wildman–Crippen MR) is 115 cm³/mol. The number of oxazole rings is 1. The quantitative estimate of drug-likeness (QED) is 0.476. The van der Waals surface area contributed by atoms with E-state index >= 15 is 0 Å². The molecule has 3 heterocycles. The summed E-state index contributed by atoms with van der Waals surface area (Å²) < 4.78 is 17.8. The second-order valence-electron chi connectivity index (χ2n) is 7.18. The summed E-state index contributed by atoms with van der Waals surface area (Å²) in [5.74, 6) is 1.62. The molecule has 1 saturated heterocycles. The van der Waals surface area contributed by atoms with Crippen molar-refractivity contribution in [1.82, 2.24) is 10.3 Å². The highest BCUT2D eigenvalue weighted by Gasteiger charge is 2.32. The first kappa shape index (κ1) is 19.3. The molecule has 4 aromatic rings. The first-order chi connectivity index (χ1) is 15.0. The van der Waals surface area contributed by atoms with Gasteiger partial charge in [-0.3, -0.25) is 10.1 Å². The minimum Gasteiger partial charge on any atom is -0.487 e. The van der Waals surface area contributed by atoms with Crippen molar-refractivity contribution in [1.29, 1.82) is 0 Å². The zero-order valence-corrected chi connectivity index (χ0v) is 17.4. The lowest BCUT2D eigenvalue weighted by Crippen LogP contribution is -2.25. The van der Waals surface area contributed by atoms with Crippen LogP contribution in [0.4, 0.5) is 4.79 Å². The Hall–Kier alpha value is -3.65. The van der Waals surface area contributed by atoms with Gasteiger partial charge in [-0.1, -0.05) is 18.2 Å². The molecule has 8 heteroatoms. The number of rotatable bonds is 6. The number of benzene rings is 2. The number of aryl methyl sites for hydroxylation is 1. The predicted octanol–water partition coefficient (Wildman–Crippen LogP) is 4.62. The molecule has 5 rings (SSSR count). The Morgan fingerprint density at radius 2 is 1.97 bits per heavy atom. The standard InChI is InChI=1S/C23H18N2O5S/c1-13-18(24-22(29-13)14-5-3-2-4-6-14)12-28-16-8-7-15-9-17(31-20(15)10-16)11-19-21(26)25-23(27)30-19/h2-10,19H,11-12H2,1H3,(H,25,26,27).